The molecule has 0 saturated heterocycles. The molecule has 0 saturated carbocycles. The van der Waals surface area contributed by atoms with Gasteiger partial charge in [-0.25, -0.2) is 18.6 Å². The molecule has 0 radical (unpaired) electrons. The predicted octanol–water partition coefficient (Wildman–Crippen LogP) is 5.01. The summed E-state index contributed by atoms with van der Waals surface area (Å²) < 4.78 is 28.9. The van der Waals surface area contributed by atoms with E-state index in [9.17, 15) is 18.4 Å². The number of aromatic nitrogens is 2. The average molecular weight is 448 g/mol. The standard InChI is InChI=1S/C25H22F2N4O2/c1-16(23-28-21-11-7-6-10-19(21)24(32)30(23)2)31(15-17-8-4-3-5-9-17)25(33)29-22-13-12-18(26)14-20(22)27/h3-14,16H,15H2,1-2H3,(H,29,33). The number of nitrogens with one attached hydrogen (secondary N) is 1. The lowest BCUT2D eigenvalue weighted by molar-refractivity contribution is 0.184. The van der Waals surface area contributed by atoms with E-state index in [2.05, 4.69) is 10.3 Å². The Morgan fingerprint density at radius 2 is 1.76 bits per heavy atom. The van der Waals surface area contributed by atoms with Crippen LogP contribution in [-0.4, -0.2) is 20.5 Å². The van der Waals surface area contributed by atoms with Gasteiger partial charge in [0, 0.05) is 19.7 Å². The van der Waals surface area contributed by atoms with Gasteiger partial charge in [0.25, 0.3) is 5.56 Å². The van der Waals surface area contributed by atoms with Gasteiger partial charge in [-0.2, -0.15) is 0 Å². The van der Waals surface area contributed by atoms with Gasteiger partial charge in [-0.3, -0.25) is 9.36 Å². The first kappa shape index (κ1) is 22.1. The van der Waals surface area contributed by atoms with Gasteiger partial charge in [0.1, 0.15) is 17.5 Å². The summed E-state index contributed by atoms with van der Waals surface area (Å²) in [5.41, 5.74) is 0.982. The molecule has 1 N–H and O–H groups in total. The molecule has 0 spiro atoms. The second kappa shape index (κ2) is 9.20. The molecule has 4 aromatic rings. The van der Waals surface area contributed by atoms with Gasteiger partial charge in [-0.05, 0) is 36.8 Å². The maximum Gasteiger partial charge on any atom is 0.322 e. The maximum absolute atomic E-state index is 14.2. The van der Waals surface area contributed by atoms with E-state index in [1.165, 1.54) is 9.47 Å². The SMILES string of the molecule is CC(c1nc2ccccc2c(=O)n1C)N(Cc1ccccc1)C(=O)Nc1ccc(F)cc1F. The van der Waals surface area contributed by atoms with Crippen LogP contribution in [-0.2, 0) is 13.6 Å². The predicted molar refractivity (Wildman–Crippen MR) is 123 cm³/mol. The molecule has 1 heterocycles. The smallest absolute Gasteiger partial charge is 0.310 e. The highest BCUT2D eigenvalue weighted by Gasteiger charge is 2.26. The normalized spacial score (nSPS) is 11.9. The lowest BCUT2D eigenvalue weighted by Gasteiger charge is -2.30. The highest BCUT2D eigenvalue weighted by molar-refractivity contribution is 5.89. The summed E-state index contributed by atoms with van der Waals surface area (Å²) in [7, 11) is 1.60. The molecule has 33 heavy (non-hydrogen) atoms. The minimum atomic E-state index is -0.883. The summed E-state index contributed by atoms with van der Waals surface area (Å²) >= 11 is 0. The summed E-state index contributed by atoms with van der Waals surface area (Å²) in [6, 6.07) is 17.9. The minimum Gasteiger partial charge on any atom is -0.310 e. The van der Waals surface area contributed by atoms with E-state index >= 15 is 0 Å². The Morgan fingerprint density at radius 3 is 2.48 bits per heavy atom. The number of benzene rings is 3. The van der Waals surface area contributed by atoms with Gasteiger partial charge in [0.15, 0.2) is 0 Å². The number of para-hydroxylation sites is 1. The van der Waals surface area contributed by atoms with Crippen molar-refractivity contribution in [3.8, 4) is 0 Å². The van der Waals surface area contributed by atoms with Crippen molar-refractivity contribution in [3.05, 3.63) is 106 Å². The van der Waals surface area contributed by atoms with Crippen molar-refractivity contribution in [3.63, 3.8) is 0 Å². The van der Waals surface area contributed by atoms with Crippen LogP contribution >= 0.6 is 0 Å². The van der Waals surface area contributed by atoms with Crippen molar-refractivity contribution < 1.29 is 13.6 Å². The quantitative estimate of drug-likeness (QED) is 0.467. The lowest BCUT2D eigenvalue weighted by Crippen LogP contribution is -2.39. The zero-order valence-corrected chi connectivity index (χ0v) is 18.1. The first-order chi connectivity index (χ1) is 15.8. The fraction of sp³-hybridized carbons (Fsp3) is 0.160. The molecule has 0 aliphatic carbocycles. The molecular formula is C25H22F2N4O2. The van der Waals surface area contributed by atoms with Crippen molar-refractivity contribution in [1.82, 2.24) is 14.5 Å². The third-order valence-corrected chi connectivity index (χ3v) is 5.49. The number of hydrogen-bond donors (Lipinski definition) is 1. The zero-order chi connectivity index (χ0) is 23.5. The van der Waals surface area contributed by atoms with Crippen LogP contribution in [0.1, 0.15) is 24.4 Å². The fourth-order valence-electron chi connectivity index (χ4n) is 3.69. The van der Waals surface area contributed by atoms with Crippen molar-refractivity contribution in [2.75, 3.05) is 5.32 Å². The summed E-state index contributed by atoms with van der Waals surface area (Å²) in [5.74, 6) is -1.24. The Balaban J connectivity index is 1.74. The minimum absolute atomic E-state index is 0.146. The molecule has 4 rings (SSSR count). The van der Waals surface area contributed by atoms with Gasteiger partial charge in [0.05, 0.1) is 22.6 Å². The van der Waals surface area contributed by atoms with E-state index in [0.29, 0.717) is 22.8 Å². The number of fused-ring (bicyclic) bond motifs is 1. The fourth-order valence-corrected chi connectivity index (χ4v) is 3.69. The van der Waals surface area contributed by atoms with Crippen molar-refractivity contribution >= 4 is 22.6 Å². The molecule has 1 aromatic heterocycles. The average Bonchev–Trinajstić information content (AvgIpc) is 2.82. The Kier molecular flexibility index (Phi) is 6.17. The number of carbonyl (C=O) groups is 1. The molecule has 168 valence electrons. The molecule has 0 bridgehead atoms. The van der Waals surface area contributed by atoms with Crippen LogP contribution in [0.3, 0.4) is 0 Å². The van der Waals surface area contributed by atoms with E-state index < -0.39 is 23.7 Å². The first-order valence-electron chi connectivity index (χ1n) is 10.4. The van der Waals surface area contributed by atoms with Gasteiger partial charge < -0.3 is 10.2 Å². The number of hydrogen-bond acceptors (Lipinski definition) is 3. The van der Waals surface area contributed by atoms with Crippen LogP contribution < -0.4 is 10.9 Å². The van der Waals surface area contributed by atoms with Crippen molar-refractivity contribution in [2.45, 2.75) is 19.5 Å². The Morgan fingerprint density at radius 1 is 1.06 bits per heavy atom. The number of amides is 2. The van der Waals surface area contributed by atoms with E-state index in [-0.39, 0.29) is 17.8 Å². The lowest BCUT2D eigenvalue weighted by atomic mass is 10.1. The number of anilines is 1. The number of nitrogens with zero attached hydrogens (tertiary/aromatic N) is 3. The molecule has 2 amide bonds. The molecule has 6 nitrogen and oxygen atoms in total. The molecular weight excluding hydrogens is 426 g/mol. The number of carbonyl (C=O) groups excluding carboxylic acids is 1. The highest BCUT2D eigenvalue weighted by atomic mass is 19.1. The van der Waals surface area contributed by atoms with E-state index in [4.69, 9.17) is 0 Å². The van der Waals surface area contributed by atoms with Gasteiger partial charge in [-0.15, -0.1) is 0 Å². The molecule has 0 aliphatic rings. The van der Waals surface area contributed by atoms with Crippen LogP contribution in [0.4, 0.5) is 19.3 Å². The topological polar surface area (TPSA) is 67.2 Å². The van der Waals surface area contributed by atoms with Crippen LogP contribution in [0.2, 0.25) is 0 Å². The monoisotopic (exact) mass is 448 g/mol. The molecule has 3 aromatic carbocycles. The second-order valence-electron chi connectivity index (χ2n) is 7.70. The third kappa shape index (κ3) is 4.59. The third-order valence-electron chi connectivity index (χ3n) is 5.49. The van der Waals surface area contributed by atoms with Crippen molar-refractivity contribution in [2.24, 2.45) is 7.05 Å². The molecule has 1 atom stereocenters. The Hall–Kier alpha value is -4.07. The Labute approximate surface area is 189 Å². The first-order valence-corrected chi connectivity index (χ1v) is 10.4. The largest absolute Gasteiger partial charge is 0.322 e. The second-order valence-corrected chi connectivity index (χ2v) is 7.70. The molecule has 0 aliphatic heterocycles. The number of rotatable bonds is 5. The number of urea groups is 1. The van der Waals surface area contributed by atoms with E-state index in [0.717, 1.165) is 17.7 Å². The molecule has 0 fully saturated rings. The van der Waals surface area contributed by atoms with Crippen LogP contribution in [0, 0.1) is 11.6 Å². The van der Waals surface area contributed by atoms with Gasteiger partial charge in [-0.1, -0.05) is 42.5 Å². The van der Waals surface area contributed by atoms with E-state index in [1.807, 2.05) is 30.3 Å². The van der Waals surface area contributed by atoms with Gasteiger partial charge in [0.2, 0.25) is 0 Å². The molecule has 8 heteroatoms. The maximum atomic E-state index is 14.2. The van der Waals surface area contributed by atoms with E-state index in [1.54, 1.807) is 38.2 Å². The van der Waals surface area contributed by atoms with Crippen molar-refractivity contribution in [1.29, 1.82) is 0 Å². The number of halogens is 2. The summed E-state index contributed by atoms with van der Waals surface area (Å²) in [6.07, 6.45) is 0. The van der Waals surface area contributed by atoms with Crippen LogP contribution in [0.25, 0.3) is 10.9 Å². The highest BCUT2D eigenvalue weighted by Crippen LogP contribution is 2.24. The Bertz CT molecular complexity index is 1370. The zero-order valence-electron chi connectivity index (χ0n) is 18.1. The van der Waals surface area contributed by atoms with Crippen LogP contribution in [0.5, 0.6) is 0 Å². The summed E-state index contributed by atoms with van der Waals surface area (Å²) in [5, 5.41) is 2.99. The summed E-state index contributed by atoms with van der Waals surface area (Å²) in [6.45, 7) is 1.93. The molecule has 1 unspecified atom stereocenters. The van der Waals surface area contributed by atoms with Crippen LogP contribution in [0.15, 0.2) is 77.6 Å². The van der Waals surface area contributed by atoms with Gasteiger partial charge >= 0.3 is 6.03 Å². The summed E-state index contributed by atoms with van der Waals surface area (Å²) in [4.78, 5) is 32.2.